The third-order valence-electron chi connectivity index (χ3n) is 4.77. The number of thiophene rings is 1. The molecule has 0 saturated heterocycles. The molecule has 0 aliphatic heterocycles. The maximum Gasteiger partial charge on any atom is 0.416 e. The van der Waals surface area contributed by atoms with E-state index in [2.05, 4.69) is 20.6 Å². The minimum absolute atomic E-state index is 0.287. The van der Waals surface area contributed by atoms with Gasteiger partial charge < -0.3 is 0 Å². The summed E-state index contributed by atoms with van der Waals surface area (Å²) in [6.45, 7) is 1.76. The van der Waals surface area contributed by atoms with Crippen LogP contribution in [-0.4, -0.2) is 25.9 Å². The van der Waals surface area contributed by atoms with Crippen LogP contribution in [0.2, 0.25) is 0 Å². The number of nitrogens with zero attached hydrogens (tertiary/aromatic N) is 4. The second kappa shape index (κ2) is 6.88. The first-order chi connectivity index (χ1) is 14.3. The molecular weight excluding hydrogens is 435 g/mol. The Labute approximate surface area is 176 Å². The molecule has 3 heterocycles. The van der Waals surface area contributed by atoms with E-state index in [1.54, 1.807) is 19.1 Å². The van der Waals surface area contributed by atoms with E-state index in [1.807, 2.05) is 0 Å². The third-order valence-corrected chi connectivity index (χ3v) is 6.88. The van der Waals surface area contributed by atoms with E-state index in [-0.39, 0.29) is 11.6 Å². The fourth-order valence-electron chi connectivity index (χ4n) is 3.09. The second-order valence-electron chi connectivity index (χ2n) is 7.05. The molecule has 6 nitrogen and oxygen atoms in total. The van der Waals surface area contributed by atoms with Gasteiger partial charge in [-0.15, -0.1) is 21.5 Å². The zero-order valence-electron chi connectivity index (χ0n) is 15.5. The average molecular weight is 449 g/mol. The molecule has 0 radical (unpaired) electrons. The van der Waals surface area contributed by atoms with E-state index < -0.39 is 11.7 Å². The molecule has 1 aliphatic rings. The van der Waals surface area contributed by atoms with Crippen LogP contribution < -0.4 is 5.32 Å². The van der Waals surface area contributed by atoms with E-state index in [4.69, 9.17) is 0 Å². The number of anilines is 1. The van der Waals surface area contributed by atoms with Gasteiger partial charge in [0.05, 0.1) is 21.8 Å². The summed E-state index contributed by atoms with van der Waals surface area (Å²) in [4.78, 5) is 13.7. The first kappa shape index (κ1) is 19.2. The number of benzene rings is 1. The van der Waals surface area contributed by atoms with Gasteiger partial charge in [0.1, 0.15) is 9.84 Å². The fraction of sp³-hybridized carbons (Fsp3) is 0.263. The minimum Gasteiger partial charge on any atom is -0.296 e. The fourth-order valence-corrected chi connectivity index (χ4v) is 5.07. The van der Waals surface area contributed by atoms with Gasteiger partial charge in [-0.05, 0) is 44.0 Å². The summed E-state index contributed by atoms with van der Waals surface area (Å²) in [5, 5.41) is 17.3. The number of nitrogens with one attached hydrogen (secondary N) is 1. The first-order valence-corrected chi connectivity index (χ1v) is 10.7. The van der Waals surface area contributed by atoms with Gasteiger partial charge in [0.15, 0.2) is 0 Å². The quantitative estimate of drug-likeness (QED) is 0.453. The molecule has 1 N–H and O–H groups in total. The number of carbonyl (C=O) groups excluding carboxylic acids is 1. The van der Waals surface area contributed by atoms with Crippen LogP contribution in [0.15, 0.2) is 30.3 Å². The first-order valence-electron chi connectivity index (χ1n) is 9.11. The summed E-state index contributed by atoms with van der Waals surface area (Å²) in [6, 6.07) is 6.66. The highest BCUT2D eigenvalue weighted by molar-refractivity contribution is 7.20. The molecule has 30 heavy (non-hydrogen) atoms. The highest BCUT2D eigenvalue weighted by Gasteiger charge is 2.31. The number of aromatic nitrogens is 4. The number of rotatable bonds is 4. The highest BCUT2D eigenvalue weighted by Crippen LogP contribution is 2.42. The zero-order chi connectivity index (χ0) is 21.0. The van der Waals surface area contributed by atoms with Crippen LogP contribution in [0.4, 0.5) is 18.3 Å². The lowest BCUT2D eigenvalue weighted by Crippen LogP contribution is -2.09. The summed E-state index contributed by atoms with van der Waals surface area (Å²) in [7, 11) is 0. The number of alkyl halides is 3. The van der Waals surface area contributed by atoms with Gasteiger partial charge in [-0.1, -0.05) is 17.4 Å². The van der Waals surface area contributed by atoms with Gasteiger partial charge in [0, 0.05) is 11.3 Å². The predicted molar refractivity (Wildman–Crippen MR) is 109 cm³/mol. The number of hydrogen-bond donors (Lipinski definition) is 1. The van der Waals surface area contributed by atoms with Crippen LogP contribution in [0.5, 0.6) is 0 Å². The van der Waals surface area contributed by atoms with Gasteiger partial charge in [-0.3, -0.25) is 10.1 Å². The Morgan fingerprint density at radius 3 is 2.73 bits per heavy atom. The molecule has 4 aromatic rings. The topological polar surface area (TPSA) is 72.7 Å². The summed E-state index contributed by atoms with van der Waals surface area (Å²) in [6.07, 6.45) is -2.24. The van der Waals surface area contributed by atoms with E-state index in [1.165, 1.54) is 33.4 Å². The van der Waals surface area contributed by atoms with Crippen molar-refractivity contribution in [3.8, 4) is 5.69 Å². The van der Waals surface area contributed by atoms with Crippen molar-refractivity contribution in [3.63, 3.8) is 0 Å². The molecule has 1 saturated carbocycles. The lowest BCUT2D eigenvalue weighted by molar-refractivity contribution is -0.137. The number of aryl methyl sites for hydroxylation is 1. The lowest BCUT2D eigenvalue weighted by Gasteiger charge is -2.09. The van der Waals surface area contributed by atoms with Crippen molar-refractivity contribution in [2.24, 2.45) is 0 Å². The van der Waals surface area contributed by atoms with Crippen LogP contribution >= 0.6 is 22.7 Å². The number of carbonyl (C=O) groups is 1. The molecule has 11 heteroatoms. The van der Waals surface area contributed by atoms with E-state index in [9.17, 15) is 18.0 Å². The third kappa shape index (κ3) is 3.47. The van der Waals surface area contributed by atoms with Crippen molar-refractivity contribution >= 4 is 43.9 Å². The summed E-state index contributed by atoms with van der Waals surface area (Å²) < 4.78 is 40.7. The van der Waals surface area contributed by atoms with Crippen molar-refractivity contribution in [1.82, 2.24) is 20.0 Å². The van der Waals surface area contributed by atoms with Crippen LogP contribution in [0, 0.1) is 6.92 Å². The SMILES string of the molecule is Cc1nn(-c2cccc(C(F)(F)F)c2)c2sc(C(=O)Nc3nnc(C4CC4)s3)cc12. The number of amides is 1. The number of hydrogen-bond acceptors (Lipinski definition) is 6. The smallest absolute Gasteiger partial charge is 0.296 e. The Kier molecular flexibility index (Phi) is 4.40. The molecule has 0 bridgehead atoms. The molecule has 1 aromatic carbocycles. The van der Waals surface area contributed by atoms with Gasteiger partial charge >= 0.3 is 6.18 Å². The molecule has 154 valence electrons. The standard InChI is InChI=1S/C19H14F3N5OS2/c1-9-13-8-14(15(28)23-18-25-24-16(30-18)10-5-6-10)29-17(13)27(26-9)12-4-2-3-11(7-12)19(20,21)22/h2-4,7-8,10H,5-6H2,1H3,(H,23,25,28). The molecule has 1 amide bonds. The molecular formula is C19H14F3N5OS2. The van der Waals surface area contributed by atoms with E-state index >= 15 is 0 Å². The summed E-state index contributed by atoms with van der Waals surface area (Å²) >= 11 is 2.54. The average Bonchev–Trinajstić information content (AvgIpc) is 3.15. The summed E-state index contributed by atoms with van der Waals surface area (Å²) in [5.41, 5.74) is 0.165. The van der Waals surface area contributed by atoms with Crippen molar-refractivity contribution in [1.29, 1.82) is 0 Å². The van der Waals surface area contributed by atoms with Crippen molar-refractivity contribution in [2.75, 3.05) is 5.32 Å². The van der Waals surface area contributed by atoms with Gasteiger partial charge in [0.2, 0.25) is 5.13 Å². The van der Waals surface area contributed by atoms with Gasteiger partial charge in [-0.2, -0.15) is 18.3 Å². The largest absolute Gasteiger partial charge is 0.416 e. The lowest BCUT2D eigenvalue weighted by atomic mass is 10.2. The molecule has 0 unspecified atom stereocenters. The molecule has 0 atom stereocenters. The van der Waals surface area contributed by atoms with Crippen molar-refractivity contribution in [3.05, 3.63) is 51.5 Å². The Morgan fingerprint density at radius 1 is 1.20 bits per heavy atom. The second-order valence-corrected chi connectivity index (χ2v) is 9.09. The maximum absolute atomic E-state index is 13.1. The Balaban J connectivity index is 1.46. The van der Waals surface area contributed by atoms with Gasteiger partial charge in [0.25, 0.3) is 5.91 Å². The van der Waals surface area contributed by atoms with E-state index in [0.29, 0.717) is 26.5 Å². The van der Waals surface area contributed by atoms with Crippen molar-refractivity contribution < 1.29 is 18.0 Å². The van der Waals surface area contributed by atoms with Crippen LogP contribution in [0.3, 0.4) is 0 Å². The molecule has 0 spiro atoms. The Morgan fingerprint density at radius 2 is 2.00 bits per heavy atom. The molecule has 3 aromatic heterocycles. The normalized spacial score (nSPS) is 14.4. The molecule has 1 aliphatic carbocycles. The van der Waals surface area contributed by atoms with Crippen molar-refractivity contribution in [2.45, 2.75) is 31.9 Å². The monoisotopic (exact) mass is 449 g/mol. The maximum atomic E-state index is 13.1. The molecule has 1 fully saturated rings. The zero-order valence-corrected chi connectivity index (χ0v) is 17.2. The Bertz CT molecular complexity index is 1270. The predicted octanol–water partition coefficient (Wildman–Crippen LogP) is 5.40. The number of fused-ring (bicyclic) bond motifs is 1. The molecule has 5 rings (SSSR count). The summed E-state index contributed by atoms with van der Waals surface area (Å²) in [5.74, 6) is 0.128. The van der Waals surface area contributed by atoms with Crippen LogP contribution in [0.25, 0.3) is 15.9 Å². The Hall–Kier alpha value is -2.79. The van der Waals surface area contributed by atoms with Crippen LogP contribution in [0.1, 0.15) is 44.7 Å². The minimum atomic E-state index is -4.45. The van der Waals surface area contributed by atoms with E-state index in [0.717, 1.165) is 35.4 Å². The highest BCUT2D eigenvalue weighted by atomic mass is 32.1. The van der Waals surface area contributed by atoms with Gasteiger partial charge in [-0.25, -0.2) is 4.68 Å². The van der Waals surface area contributed by atoms with Crippen LogP contribution in [-0.2, 0) is 6.18 Å². The number of halogens is 3.